The SMILES string of the molecule is CCN(CC(C)/C(N)=N/O)C(=O)C1CCOC1. The molecule has 1 fully saturated rings. The summed E-state index contributed by atoms with van der Waals surface area (Å²) in [5.41, 5.74) is 5.51. The van der Waals surface area contributed by atoms with Crippen LogP contribution in [-0.4, -0.2) is 48.2 Å². The van der Waals surface area contributed by atoms with Crippen LogP contribution in [0.15, 0.2) is 5.16 Å². The first-order chi connectivity index (χ1) is 8.10. The summed E-state index contributed by atoms with van der Waals surface area (Å²) in [5, 5.41) is 11.5. The molecule has 6 heteroatoms. The van der Waals surface area contributed by atoms with E-state index in [1.54, 1.807) is 4.90 Å². The maximum atomic E-state index is 12.1. The molecule has 2 unspecified atom stereocenters. The zero-order chi connectivity index (χ0) is 12.8. The van der Waals surface area contributed by atoms with E-state index < -0.39 is 0 Å². The third-order valence-corrected chi connectivity index (χ3v) is 3.09. The fraction of sp³-hybridized carbons (Fsp3) is 0.818. The average Bonchev–Trinajstić information content (AvgIpc) is 2.87. The lowest BCUT2D eigenvalue weighted by atomic mass is 10.1. The van der Waals surface area contributed by atoms with E-state index in [1.807, 2.05) is 13.8 Å². The van der Waals surface area contributed by atoms with Gasteiger partial charge in [0.1, 0.15) is 5.84 Å². The summed E-state index contributed by atoms with van der Waals surface area (Å²) in [6.07, 6.45) is 0.785. The number of carbonyl (C=O) groups excluding carboxylic acids is 1. The molecule has 1 rings (SSSR count). The summed E-state index contributed by atoms with van der Waals surface area (Å²) in [6, 6.07) is 0. The summed E-state index contributed by atoms with van der Waals surface area (Å²) in [6.45, 7) is 6.01. The number of oxime groups is 1. The second-order valence-electron chi connectivity index (χ2n) is 4.36. The quantitative estimate of drug-likeness (QED) is 0.313. The van der Waals surface area contributed by atoms with E-state index in [-0.39, 0.29) is 23.6 Å². The zero-order valence-corrected chi connectivity index (χ0v) is 10.4. The van der Waals surface area contributed by atoms with Crippen molar-refractivity contribution in [3.8, 4) is 0 Å². The summed E-state index contributed by atoms with van der Waals surface area (Å²) in [5.74, 6) is 0.0715. The first kappa shape index (κ1) is 13.8. The molecule has 1 amide bonds. The van der Waals surface area contributed by atoms with Gasteiger partial charge in [-0.25, -0.2) is 0 Å². The lowest BCUT2D eigenvalue weighted by Crippen LogP contribution is -2.41. The van der Waals surface area contributed by atoms with Crippen LogP contribution in [0.4, 0.5) is 0 Å². The third kappa shape index (κ3) is 3.59. The van der Waals surface area contributed by atoms with E-state index in [1.165, 1.54) is 0 Å². The molecule has 0 bridgehead atoms. The number of hydrogen-bond acceptors (Lipinski definition) is 4. The number of amidine groups is 1. The molecular formula is C11H21N3O3. The Bertz CT molecular complexity index is 288. The van der Waals surface area contributed by atoms with Crippen molar-refractivity contribution in [2.75, 3.05) is 26.3 Å². The smallest absolute Gasteiger partial charge is 0.228 e. The van der Waals surface area contributed by atoms with Crippen molar-refractivity contribution in [1.82, 2.24) is 4.90 Å². The number of amides is 1. The Labute approximate surface area is 101 Å². The molecule has 6 nitrogen and oxygen atoms in total. The first-order valence-corrected chi connectivity index (χ1v) is 5.94. The van der Waals surface area contributed by atoms with Gasteiger partial charge in [0.05, 0.1) is 12.5 Å². The average molecular weight is 243 g/mol. The summed E-state index contributed by atoms with van der Waals surface area (Å²) < 4.78 is 5.21. The Hall–Kier alpha value is -1.30. The van der Waals surface area contributed by atoms with Crippen molar-refractivity contribution in [3.05, 3.63) is 0 Å². The number of carbonyl (C=O) groups is 1. The highest BCUT2D eigenvalue weighted by molar-refractivity contribution is 5.83. The monoisotopic (exact) mass is 243 g/mol. The predicted octanol–water partition coefficient (Wildman–Crippen LogP) is 0.254. The van der Waals surface area contributed by atoms with Gasteiger partial charge >= 0.3 is 0 Å². The molecule has 17 heavy (non-hydrogen) atoms. The molecule has 0 aromatic carbocycles. The minimum Gasteiger partial charge on any atom is -0.409 e. The molecule has 1 aliphatic heterocycles. The van der Waals surface area contributed by atoms with Crippen molar-refractivity contribution < 1.29 is 14.7 Å². The number of ether oxygens (including phenoxy) is 1. The van der Waals surface area contributed by atoms with Gasteiger partial charge in [-0.3, -0.25) is 4.79 Å². The van der Waals surface area contributed by atoms with Crippen LogP contribution in [0.3, 0.4) is 0 Å². The first-order valence-electron chi connectivity index (χ1n) is 5.94. The molecule has 0 aromatic heterocycles. The van der Waals surface area contributed by atoms with Gasteiger partial charge < -0.3 is 20.6 Å². The molecule has 0 aliphatic carbocycles. The Morgan fingerprint density at radius 2 is 2.41 bits per heavy atom. The summed E-state index contributed by atoms with van der Waals surface area (Å²) >= 11 is 0. The minimum absolute atomic E-state index is 0.0329. The van der Waals surface area contributed by atoms with Crippen LogP contribution in [0.25, 0.3) is 0 Å². The van der Waals surface area contributed by atoms with Gasteiger partial charge in [0.25, 0.3) is 0 Å². The summed E-state index contributed by atoms with van der Waals surface area (Å²) in [7, 11) is 0. The Morgan fingerprint density at radius 3 is 2.88 bits per heavy atom. The Morgan fingerprint density at radius 1 is 1.71 bits per heavy atom. The second-order valence-corrected chi connectivity index (χ2v) is 4.36. The largest absolute Gasteiger partial charge is 0.409 e. The van der Waals surface area contributed by atoms with Crippen LogP contribution in [0.5, 0.6) is 0 Å². The van der Waals surface area contributed by atoms with Crippen molar-refractivity contribution >= 4 is 11.7 Å². The van der Waals surface area contributed by atoms with Crippen LogP contribution in [-0.2, 0) is 9.53 Å². The van der Waals surface area contributed by atoms with Crippen LogP contribution in [0.2, 0.25) is 0 Å². The molecule has 1 heterocycles. The van der Waals surface area contributed by atoms with E-state index in [4.69, 9.17) is 15.7 Å². The number of nitrogens with two attached hydrogens (primary N) is 1. The molecule has 0 radical (unpaired) electrons. The maximum Gasteiger partial charge on any atom is 0.228 e. The lowest BCUT2D eigenvalue weighted by molar-refractivity contribution is -0.135. The topological polar surface area (TPSA) is 88.1 Å². The molecule has 0 aromatic rings. The normalized spacial score (nSPS) is 22.5. The van der Waals surface area contributed by atoms with Gasteiger partial charge in [0.15, 0.2) is 0 Å². The van der Waals surface area contributed by atoms with Crippen LogP contribution < -0.4 is 5.73 Å². The second kappa shape index (κ2) is 6.44. The van der Waals surface area contributed by atoms with E-state index in [9.17, 15) is 4.79 Å². The molecule has 3 N–H and O–H groups in total. The highest BCUT2D eigenvalue weighted by Gasteiger charge is 2.28. The maximum absolute atomic E-state index is 12.1. The van der Waals surface area contributed by atoms with Gasteiger partial charge in [-0.2, -0.15) is 0 Å². The van der Waals surface area contributed by atoms with Crippen molar-refractivity contribution in [2.45, 2.75) is 20.3 Å². The molecular weight excluding hydrogens is 222 g/mol. The van der Waals surface area contributed by atoms with Crippen LogP contribution in [0, 0.1) is 11.8 Å². The van der Waals surface area contributed by atoms with Gasteiger partial charge in [-0.15, -0.1) is 0 Å². The van der Waals surface area contributed by atoms with E-state index in [0.717, 1.165) is 6.42 Å². The van der Waals surface area contributed by atoms with E-state index in [0.29, 0.717) is 26.3 Å². The molecule has 1 saturated heterocycles. The Kier molecular flexibility index (Phi) is 5.21. The van der Waals surface area contributed by atoms with Gasteiger partial charge in [0.2, 0.25) is 5.91 Å². The predicted molar refractivity (Wildman–Crippen MR) is 63.8 cm³/mol. The van der Waals surface area contributed by atoms with E-state index >= 15 is 0 Å². The number of nitrogens with zero attached hydrogens (tertiary/aromatic N) is 2. The highest BCUT2D eigenvalue weighted by Crippen LogP contribution is 2.16. The van der Waals surface area contributed by atoms with Gasteiger partial charge in [-0.1, -0.05) is 12.1 Å². The van der Waals surface area contributed by atoms with Crippen molar-refractivity contribution in [1.29, 1.82) is 0 Å². The lowest BCUT2D eigenvalue weighted by Gasteiger charge is -2.26. The Balaban J connectivity index is 2.55. The number of hydrogen-bond donors (Lipinski definition) is 2. The van der Waals surface area contributed by atoms with Gasteiger partial charge in [-0.05, 0) is 13.3 Å². The summed E-state index contributed by atoms with van der Waals surface area (Å²) in [4.78, 5) is 13.9. The minimum atomic E-state index is -0.147. The van der Waals surface area contributed by atoms with Gasteiger partial charge in [0, 0.05) is 25.6 Å². The van der Waals surface area contributed by atoms with E-state index in [2.05, 4.69) is 5.16 Å². The molecule has 98 valence electrons. The van der Waals surface area contributed by atoms with Crippen LogP contribution >= 0.6 is 0 Å². The fourth-order valence-corrected chi connectivity index (χ4v) is 1.89. The van der Waals surface area contributed by atoms with Crippen molar-refractivity contribution in [2.24, 2.45) is 22.7 Å². The molecule has 2 atom stereocenters. The van der Waals surface area contributed by atoms with Crippen molar-refractivity contribution in [3.63, 3.8) is 0 Å². The zero-order valence-electron chi connectivity index (χ0n) is 10.4. The third-order valence-electron chi connectivity index (χ3n) is 3.09. The molecule has 0 saturated carbocycles. The van der Waals surface area contributed by atoms with Crippen LogP contribution in [0.1, 0.15) is 20.3 Å². The number of rotatable bonds is 5. The highest BCUT2D eigenvalue weighted by atomic mass is 16.5. The fourth-order valence-electron chi connectivity index (χ4n) is 1.89. The molecule has 0 spiro atoms. The standard InChI is InChI=1S/C11H21N3O3/c1-3-14(6-8(2)10(12)13-16)11(15)9-4-5-17-7-9/h8-9,16H,3-7H2,1-2H3,(H2,12,13). The molecule has 1 aliphatic rings.